The van der Waals surface area contributed by atoms with Crippen LogP contribution in [0.3, 0.4) is 0 Å². The van der Waals surface area contributed by atoms with Gasteiger partial charge in [-0.1, -0.05) is 17.7 Å². The van der Waals surface area contributed by atoms with Crippen molar-refractivity contribution in [3.05, 3.63) is 28.8 Å². The van der Waals surface area contributed by atoms with Gasteiger partial charge < -0.3 is 10.5 Å². The third kappa shape index (κ3) is 2.86. The molecule has 0 aliphatic carbocycles. The number of rotatable bonds is 4. The molecule has 0 amide bonds. The van der Waals surface area contributed by atoms with Crippen molar-refractivity contribution in [2.45, 2.75) is 6.54 Å². The van der Waals surface area contributed by atoms with Crippen LogP contribution in [0.5, 0.6) is 5.75 Å². The maximum absolute atomic E-state index is 11.8. The van der Waals surface area contributed by atoms with E-state index in [0.717, 1.165) is 5.56 Å². The zero-order valence-corrected chi connectivity index (χ0v) is 7.85. The summed E-state index contributed by atoms with van der Waals surface area (Å²) in [7, 11) is 0. The van der Waals surface area contributed by atoms with Gasteiger partial charge in [-0.3, -0.25) is 0 Å². The molecule has 0 saturated heterocycles. The Morgan fingerprint density at radius 1 is 1.46 bits per heavy atom. The summed E-state index contributed by atoms with van der Waals surface area (Å²) in [6.45, 7) is -0.0558. The predicted molar refractivity (Wildman–Crippen MR) is 50.8 cm³/mol. The van der Waals surface area contributed by atoms with E-state index in [2.05, 4.69) is 0 Å². The third-order valence-corrected chi connectivity index (χ3v) is 1.86. The van der Waals surface area contributed by atoms with Crippen LogP contribution in [-0.2, 0) is 6.54 Å². The number of nitrogens with two attached hydrogens (primary N) is 1. The molecule has 0 heterocycles. The van der Waals surface area contributed by atoms with Gasteiger partial charge >= 0.3 is 0 Å². The minimum Gasteiger partial charge on any atom is -0.489 e. The molecule has 0 aliphatic rings. The molecular weight excluding hydrogens is 193 g/mol. The van der Waals surface area contributed by atoms with Gasteiger partial charge in [-0.05, 0) is 17.7 Å². The summed E-state index contributed by atoms with van der Waals surface area (Å²) in [5.41, 5.74) is 6.34. The molecule has 0 fully saturated rings. The average molecular weight is 204 g/mol. The Bertz CT molecular complexity index is 280. The first-order valence-corrected chi connectivity index (χ1v) is 4.33. The van der Waals surface area contributed by atoms with Crippen LogP contribution in [0.25, 0.3) is 0 Å². The molecule has 0 aliphatic heterocycles. The molecule has 2 nitrogen and oxygen atoms in total. The van der Waals surface area contributed by atoms with Crippen LogP contribution >= 0.6 is 11.6 Å². The van der Waals surface area contributed by atoms with Crippen LogP contribution in [0.15, 0.2) is 18.2 Å². The van der Waals surface area contributed by atoms with Gasteiger partial charge in [-0.25, -0.2) is 4.39 Å². The second kappa shape index (κ2) is 5.04. The minimum atomic E-state index is -0.519. The standard InChI is InChI=1S/C9H11ClFNO/c10-8-5-7(6-12)1-2-9(8)13-4-3-11/h1-2,5H,3-4,6,12H2. The zero-order valence-electron chi connectivity index (χ0n) is 7.09. The van der Waals surface area contributed by atoms with Crippen LogP contribution in [0.2, 0.25) is 5.02 Å². The molecule has 1 aromatic rings. The molecule has 0 atom stereocenters. The van der Waals surface area contributed by atoms with Gasteiger partial charge in [0.1, 0.15) is 19.0 Å². The maximum atomic E-state index is 11.8. The predicted octanol–water partition coefficient (Wildman–Crippen LogP) is 2.15. The number of hydrogen-bond acceptors (Lipinski definition) is 2. The van der Waals surface area contributed by atoms with Crippen molar-refractivity contribution < 1.29 is 9.13 Å². The topological polar surface area (TPSA) is 35.2 Å². The van der Waals surface area contributed by atoms with E-state index >= 15 is 0 Å². The second-order valence-corrected chi connectivity index (χ2v) is 2.91. The molecule has 0 bridgehead atoms. The van der Waals surface area contributed by atoms with E-state index in [1.54, 1.807) is 18.2 Å². The highest BCUT2D eigenvalue weighted by Crippen LogP contribution is 2.25. The van der Waals surface area contributed by atoms with Crippen molar-refractivity contribution in [2.75, 3.05) is 13.3 Å². The van der Waals surface area contributed by atoms with E-state index in [-0.39, 0.29) is 6.61 Å². The quantitative estimate of drug-likeness (QED) is 0.814. The summed E-state index contributed by atoms with van der Waals surface area (Å²) in [5, 5.41) is 0.469. The lowest BCUT2D eigenvalue weighted by atomic mass is 10.2. The summed E-state index contributed by atoms with van der Waals surface area (Å²) < 4.78 is 16.8. The summed E-state index contributed by atoms with van der Waals surface area (Å²) in [6, 6.07) is 5.22. The van der Waals surface area contributed by atoms with E-state index in [9.17, 15) is 4.39 Å². The van der Waals surface area contributed by atoms with Crippen molar-refractivity contribution in [3.63, 3.8) is 0 Å². The Kier molecular flexibility index (Phi) is 3.99. The van der Waals surface area contributed by atoms with Crippen molar-refractivity contribution in [1.29, 1.82) is 0 Å². The van der Waals surface area contributed by atoms with Gasteiger partial charge in [0, 0.05) is 6.54 Å². The first-order chi connectivity index (χ1) is 6.27. The van der Waals surface area contributed by atoms with Crippen LogP contribution in [0, 0.1) is 0 Å². The van der Waals surface area contributed by atoms with Crippen LogP contribution in [0.4, 0.5) is 4.39 Å². The minimum absolute atomic E-state index is 0.0295. The number of hydrogen-bond donors (Lipinski definition) is 1. The van der Waals surface area contributed by atoms with E-state index in [1.165, 1.54) is 0 Å². The summed E-state index contributed by atoms with van der Waals surface area (Å²) in [6.07, 6.45) is 0. The molecule has 0 radical (unpaired) electrons. The van der Waals surface area contributed by atoms with Crippen molar-refractivity contribution >= 4 is 11.6 Å². The zero-order chi connectivity index (χ0) is 9.68. The van der Waals surface area contributed by atoms with Crippen LogP contribution in [-0.4, -0.2) is 13.3 Å². The normalized spacial score (nSPS) is 10.1. The molecule has 0 unspecified atom stereocenters. The summed E-state index contributed by atoms with van der Waals surface area (Å²) >= 11 is 5.84. The lowest BCUT2D eigenvalue weighted by molar-refractivity contribution is 0.273. The fraction of sp³-hybridized carbons (Fsp3) is 0.333. The Hall–Kier alpha value is -0.800. The Labute approximate surface area is 81.4 Å². The molecule has 0 aromatic heterocycles. The number of ether oxygens (including phenoxy) is 1. The number of halogens is 2. The van der Waals surface area contributed by atoms with Gasteiger partial charge in [-0.2, -0.15) is 0 Å². The van der Waals surface area contributed by atoms with Crippen LogP contribution < -0.4 is 10.5 Å². The van der Waals surface area contributed by atoms with Crippen molar-refractivity contribution in [1.82, 2.24) is 0 Å². The molecule has 4 heteroatoms. The van der Waals surface area contributed by atoms with E-state index in [4.69, 9.17) is 22.1 Å². The highest BCUT2D eigenvalue weighted by atomic mass is 35.5. The van der Waals surface area contributed by atoms with Crippen molar-refractivity contribution in [3.8, 4) is 5.75 Å². The van der Waals surface area contributed by atoms with Gasteiger partial charge in [-0.15, -0.1) is 0 Å². The Morgan fingerprint density at radius 2 is 2.23 bits per heavy atom. The second-order valence-electron chi connectivity index (χ2n) is 2.51. The summed E-state index contributed by atoms with van der Waals surface area (Å²) in [5.74, 6) is 0.497. The smallest absolute Gasteiger partial charge is 0.138 e. The molecular formula is C9H11ClFNO. The molecule has 0 spiro atoms. The largest absolute Gasteiger partial charge is 0.489 e. The first-order valence-electron chi connectivity index (χ1n) is 3.95. The molecule has 1 aromatic carbocycles. The monoisotopic (exact) mass is 203 g/mol. The molecule has 2 N–H and O–H groups in total. The fourth-order valence-corrected chi connectivity index (χ4v) is 1.19. The molecule has 72 valence electrons. The first kappa shape index (κ1) is 10.3. The maximum Gasteiger partial charge on any atom is 0.138 e. The molecule has 13 heavy (non-hydrogen) atoms. The van der Waals surface area contributed by atoms with E-state index < -0.39 is 6.67 Å². The van der Waals surface area contributed by atoms with E-state index in [1.807, 2.05) is 0 Å². The number of alkyl halides is 1. The Morgan fingerprint density at radius 3 is 2.77 bits per heavy atom. The fourth-order valence-electron chi connectivity index (χ4n) is 0.937. The van der Waals surface area contributed by atoms with Gasteiger partial charge in [0.2, 0.25) is 0 Å². The highest BCUT2D eigenvalue weighted by Gasteiger charge is 2.01. The summed E-state index contributed by atoms with van der Waals surface area (Å²) in [4.78, 5) is 0. The number of benzene rings is 1. The molecule has 0 saturated carbocycles. The van der Waals surface area contributed by atoms with Crippen LogP contribution in [0.1, 0.15) is 5.56 Å². The van der Waals surface area contributed by atoms with Gasteiger partial charge in [0.05, 0.1) is 5.02 Å². The lowest BCUT2D eigenvalue weighted by Gasteiger charge is -2.06. The van der Waals surface area contributed by atoms with Gasteiger partial charge in [0.25, 0.3) is 0 Å². The molecule has 1 rings (SSSR count). The van der Waals surface area contributed by atoms with Crippen molar-refractivity contribution in [2.24, 2.45) is 5.73 Å². The highest BCUT2D eigenvalue weighted by molar-refractivity contribution is 6.32. The SMILES string of the molecule is NCc1ccc(OCCF)c(Cl)c1. The third-order valence-electron chi connectivity index (χ3n) is 1.57. The van der Waals surface area contributed by atoms with E-state index in [0.29, 0.717) is 17.3 Å². The van der Waals surface area contributed by atoms with Gasteiger partial charge in [0.15, 0.2) is 0 Å². The average Bonchev–Trinajstić information content (AvgIpc) is 2.16. The lowest BCUT2D eigenvalue weighted by Crippen LogP contribution is -2.00. The Balaban J connectivity index is 2.73.